The van der Waals surface area contributed by atoms with Crippen LogP contribution in [0.1, 0.15) is 58.3 Å². The van der Waals surface area contributed by atoms with Gasteiger partial charge in [-0.25, -0.2) is 0 Å². The molecule has 0 aromatic rings. The zero-order chi connectivity index (χ0) is 12.5. The Labute approximate surface area is 105 Å². The van der Waals surface area contributed by atoms with E-state index < -0.39 is 0 Å². The molecule has 0 aromatic heterocycles. The van der Waals surface area contributed by atoms with Crippen LogP contribution in [0.25, 0.3) is 0 Å². The van der Waals surface area contributed by atoms with E-state index in [2.05, 4.69) is 6.92 Å². The minimum atomic E-state index is -0.0158. The van der Waals surface area contributed by atoms with Crippen molar-refractivity contribution in [1.29, 1.82) is 0 Å². The van der Waals surface area contributed by atoms with Crippen molar-refractivity contribution >= 4 is 5.97 Å². The molecule has 0 unspecified atom stereocenters. The van der Waals surface area contributed by atoms with Gasteiger partial charge in [-0.05, 0) is 44.4 Å². The highest BCUT2D eigenvalue weighted by molar-refractivity contribution is 5.72. The number of rotatable bonds is 7. The Morgan fingerprint density at radius 3 is 2.53 bits per heavy atom. The van der Waals surface area contributed by atoms with Crippen molar-refractivity contribution in [3.05, 3.63) is 0 Å². The molecule has 1 rings (SSSR count). The standard InChI is InChI=1S/C14H26O3/c1-2-5-12-6-8-13(9-7-12)14(16)17-11-4-3-10-15/h12-13,15H,2-11H2,1H3. The second-order valence-corrected chi connectivity index (χ2v) is 5.10. The Balaban J connectivity index is 2.12. The normalized spacial score (nSPS) is 24.6. The molecule has 3 nitrogen and oxygen atoms in total. The molecule has 0 aromatic carbocycles. The van der Waals surface area contributed by atoms with Gasteiger partial charge >= 0.3 is 5.97 Å². The summed E-state index contributed by atoms with van der Waals surface area (Å²) in [4.78, 5) is 11.7. The van der Waals surface area contributed by atoms with Crippen LogP contribution in [0.3, 0.4) is 0 Å². The van der Waals surface area contributed by atoms with E-state index in [1.807, 2.05) is 0 Å². The average molecular weight is 242 g/mol. The molecule has 0 bridgehead atoms. The minimum absolute atomic E-state index is 0.0158. The van der Waals surface area contributed by atoms with Crippen LogP contribution in [0, 0.1) is 11.8 Å². The molecule has 1 N–H and O–H groups in total. The van der Waals surface area contributed by atoms with Crippen LogP contribution in [0.5, 0.6) is 0 Å². The number of aliphatic hydroxyl groups excluding tert-OH is 1. The van der Waals surface area contributed by atoms with E-state index in [0.29, 0.717) is 6.61 Å². The SMILES string of the molecule is CCCC1CCC(C(=O)OCCCCO)CC1. The Kier molecular flexibility index (Phi) is 7.25. The Bertz CT molecular complexity index is 208. The first-order valence-electron chi connectivity index (χ1n) is 7.05. The summed E-state index contributed by atoms with van der Waals surface area (Å²) in [6, 6.07) is 0. The number of hydrogen-bond donors (Lipinski definition) is 1. The highest BCUT2D eigenvalue weighted by Gasteiger charge is 2.26. The third-order valence-corrected chi connectivity index (χ3v) is 3.67. The van der Waals surface area contributed by atoms with Crippen molar-refractivity contribution in [2.24, 2.45) is 11.8 Å². The summed E-state index contributed by atoms with van der Waals surface area (Å²) in [7, 11) is 0. The van der Waals surface area contributed by atoms with E-state index in [1.165, 1.54) is 25.7 Å². The summed E-state index contributed by atoms with van der Waals surface area (Å²) in [5.74, 6) is 0.952. The number of esters is 1. The number of aliphatic hydroxyl groups is 1. The first kappa shape index (κ1) is 14.5. The molecule has 1 saturated carbocycles. The topological polar surface area (TPSA) is 46.5 Å². The molecule has 0 saturated heterocycles. The summed E-state index contributed by atoms with van der Waals surface area (Å²) in [5, 5.41) is 8.62. The zero-order valence-corrected chi connectivity index (χ0v) is 11.0. The average Bonchev–Trinajstić information content (AvgIpc) is 2.36. The lowest BCUT2D eigenvalue weighted by Crippen LogP contribution is -2.24. The maximum absolute atomic E-state index is 11.7. The van der Waals surface area contributed by atoms with Gasteiger partial charge in [0.1, 0.15) is 0 Å². The maximum Gasteiger partial charge on any atom is 0.308 e. The monoisotopic (exact) mass is 242 g/mol. The van der Waals surface area contributed by atoms with Crippen LogP contribution in [0.2, 0.25) is 0 Å². The molecule has 1 aliphatic rings. The molecule has 0 amide bonds. The van der Waals surface area contributed by atoms with Gasteiger partial charge in [-0.15, -0.1) is 0 Å². The number of ether oxygens (including phenoxy) is 1. The van der Waals surface area contributed by atoms with E-state index in [-0.39, 0.29) is 18.5 Å². The molecule has 17 heavy (non-hydrogen) atoms. The highest BCUT2D eigenvalue weighted by Crippen LogP contribution is 2.32. The van der Waals surface area contributed by atoms with Gasteiger partial charge < -0.3 is 9.84 Å². The molecule has 0 spiro atoms. The van der Waals surface area contributed by atoms with Crippen molar-refractivity contribution in [3.63, 3.8) is 0 Å². The lowest BCUT2D eigenvalue weighted by atomic mass is 9.80. The zero-order valence-electron chi connectivity index (χ0n) is 11.0. The smallest absolute Gasteiger partial charge is 0.308 e. The summed E-state index contributed by atoms with van der Waals surface area (Å²) in [6.07, 6.45) is 8.42. The predicted molar refractivity (Wildman–Crippen MR) is 67.6 cm³/mol. The van der Waals surface area contributed by atoms with Crippen molar-refractivity contribution < 1.29 is 14.6 Å². The lowest BCUT2D eigenvalue weighted by Gasteiger charge is -2.26. The molecule has 1 aliphatic carbocycles. The van der Waals surface area contributed by atoms with Gasteiger partial charge in [0.15, 0.2) is 0 Å². The number of unbranched alkanes of at least 4 members (excludes halogenated alkanes) is 1. The molecule has 0 aliphatic heterocycles. The lowest BCUT2D eigenvalue weighted by molar-refractivity contribution is -0.150. The van der Waals surface area contributed by atoms with Gasteiger partial charge in [0.2, 0.25) is 0 Å². The van der Waals surface area contributed by atoms with E-state index in [4.69, 9.17) is 9.84 Å². The molecule has 0 atom stereocenters. The van der Waals surface area contributed by atoms with E-state index in [9.17, 15) is 4.79 Å². The first-order chi connectivity index (χ1) is 8.27. The second-order valence-electron chi connectivity index (χ2n) is 5.10. The van der Waals surface area contributed by atoms with Gasteiger partial charge in [-0.2, -0.15) is 0 Å². The van der Waals surface area contributed by atoms with Crippen LogP contribution < -0.4 is 0 Å². The summed E-state index contributed by atoms with van der Waals surface area (Å²) in [5.41, 5.74) is 0. The van der Waals surface area contributed by atoms with Crippen molar-refractivity contribution in [1.82, 2.24) is 0 Å². The Morgan fingerprint density at radius 2 is 1.94 bits per heavy atom. The third-order valence-electron chi connectivity index (χ3n) is 3.67. The summed E-state index contributed by atoms with van der Waals surface area (Å²) < 4.78 is 5.23. The van der Waals surface area contributed by atoms with Crippen molar-refractivity contribution in [2.45, 2.75) is 58.3 Å². The second kappa shape index (κ2) is 8.51. The molecule has 0 heterocycles. The van der Waals surface area contributed by atoms with Gasteiger partial charge in [-0.3, -0.25) is 4.79 Å². The fourth-order valence-electron chi connectivity index (χ4n) is 2.60. The maximum atomic E-state index is 11.7. The molecule has 3 heteroatoms. The van der Waals surface area contributed by atoms with Crippen molar-refractivity contribution in [2.75, 3.05) is 13.2 Å². The largest absolute Gasteiger partial charge is 0.465 e. The molecular formula is C14H26O3. The third kappa shape index (κ3) is 5.53. The number of hydrogen-bond acceptors (Lipinski definition) is 3. The van der Waals surface area contributed by atoms with Crippen LogP contribution in [0.15, 0.2) is 0 Å². The summed E-state index contributed by atoms with van der Waals surface area (Å²) >= 11 is 0. The predicted octanol–water partition coefficient (Wildman–Crippen LogP) is 2.91. The van der Waals surface area contributed by atoms with Crippen LogP contribution in [0.4, 0.5) is 0 Å². The van der Waals surface area contributed by atoms with Gasteiger partial charge in [0, 0.05) is 6.61 Å². The Hall–Kier alpha value is -0.570. The van der Waals surface area contributed by atoms with E-state index in [0.717, 1.165) is 31.6 Å². The van der Waals surface area contributed by atoms with E-state index in [1.54, 1.807) is 0 Å². The summed E-state index contributed by atoms with van der Waals surface area (Å²) in [6.45, 7) is 2.87. The van der Waals surface area contributed by atoms with Crippen LogP contribution in [-0.4, -0.2) is 24.3 Å². The fraction of sp³-hybridized carbons (Fsp3) is 0.929. The molecule has 0 radical (unpaired) electrons. The van der Waals surface area contributed by atoms with Gasteiger partial charge in [0.25, 0.3) is 0 Å². The Morgan fingerprint density at radius 1 is 1.24 bits per heavy atom. The molecule has 1 fully saturated rings. The van der Waals surface area contributed by atoms with Crippen molar-refractivity contribution in [3.8, 4) is 0 Å². The fourth-order valence-corrected chi connectivity index (χ4v) is 2.60. The molecule has 100 valence electrons. The first-order valence-corrected chi connectivity index (χ1v) is 7.05. The van der Waals surface area contributed by atoms with E-state index >= 15 is 0 Å². The van der Waals surface area contributed by atoms with Crippen LogP contribution >= 0.6 is 0 Å². The minimum Gasteiger partial charge on any atom is -0.465 e. The molecular weight excluding hydrogens is 216 g/mol. The highest BCUT2D eigenvalue weighted by atomic mass is 16.5. The van der Waals surface area contributed by atoms with Gasteiger partial charge in [-0.1, -0.05) is 19.8 Å². The number of carbonyl (C=O) groups excluding carboxylic acids is 1. The number of carbonyl (C=O) groups is 1. The van der Waals surface area contributed by atoms with Gasteiger partial charge in [0.05, 0.1) is 12.5 Å². The van der Waals surface area contributed by atoms with Crippen LogP contribution in [-0.2, 0) is 9.53 Å². The quantitative estimate of drug-likeness (QED) is 0.551.